The molecule has 1 saturated heterocycles. The van der Waals surface area contributed by atoms with Crippen LogP contribution in [0.1, 0.15) is 64.7 Å². The van der Waals surface area contributed by atoms with E-state index in [1.165, 1.54) is 71.0 Å². The lowest BCUT2D eigenvalue weighted by atomic mass is 9.85. The quantitative estimate of drug-likeness (QED) is 0.431. The third-order valence-electron chi connectivity index (χ3n) is 5.10. The number of nitrogens with two attached hydrogens (primary N) is 1. The van der Waals surface area contributed by atoms with Crippen molar-refractivity contribution in [2.24, 2.45) is 16.6 Å². The van der Waals surface area contributed by atoms with E-state index in [4.69, 9.17) is 5.73 Å². The normalized spacial score (nSPS) is 23.4. The van der Waals surface area contributed by atoms with E-state index in [9.17, 15) is 0 Å². The highest BCUT2D eigenvalue weighted by Crippen LogP contribution is 2.26. The summed E-state index contributed by atoms with van der Waals surface area (Å²) in [6.45, 7) is 6.95. The Morgan fingerprint density at radius 3 is 2.57 bits per heavy atom. The van der Waals surface area contributed by atoms with Gasteiger partial charge in [-0.15, -0.1) is 0 Å². The second kappa shape index (κ2) is 9.29. The van der Waals surface area contributed by atoms with E-state index in [0.717, 1.165) is 18.9 Å². The van der Waals surface area contributed by atoms with E-state index >= 15 is 0 Å². The number of rotatable bonds is 7. The second-order valence-corrected chi connectivity index (χ2v) is 6.85. The van der Waals surface area contributed by atoms with Crippen molar-refractivity contribution in [3.8, 4) is 0 Å². The molecule has 1 aliphatic heterocycles. The van der Waals surface area contributed by atoms with Gasteiger partial charge in [0.05, 0.1) is 0 Å². The van der Waals surface area contributed by atoms with Crippen LogP contribution in [0, 0.1) is 5.92 Å². The summed E-state index contributed by atoms with van der Waals surface area (Å²) in [5.41, 5.74) is 6.01. The molecule has 3 N–H and O–H groups in total. The summed E-state index contributed by atoms with van der Waals surface area (Å²) in [5, 5.41) is 3.40. The van der Waals surface area contributed by atoms with Crippen molar-refractivity contribution in [2.75, 3.05) is 26.2 Å². The van der Waals surface area contributed by atoms with Crippen LogP contribution in [0.3, 0.4) is 0 Å². The zero-order valence-electron chi connectivity index (χ0n) is 13.8. The number of unbranched alkanes of at least 4 members (excludes halogenated alkanes) is 1. The van der Waals surface area contributed by atoms with Crippen molar-refractivity contribution in [3.63, 3.8) is 0 Å². The van der Waals surface area contributed by atoms with Crippen LogP contribution in [0.4, 0.5) is 0 Å². The molecule has 2 aliphatic rings. The number of nitrogens with zero attached hydrogens (tertiary/aromatic N) is 2. The molecule has 0 unspecified atom stereocenters. The van der Waals surface area contributed by atoms with Crippen molar-refractivity contribution < 1.29 is 0 Å². The molecule has 0 spiro atoms. The Bertz CT molecular complexity index is 304. The van der Waals surface area contributed by atoms with Gasteiger partial charge in [0.15, 0.2) is 5.96 Å². The second-order valence-electron chi connectivity index (χ2n) is 6.85. The van der Waals surface area contributed by atoms with Gasteiger partial charge in [0.25, 0.3) is 0 Å². The summed E-state index contributed by atoms with van der Waals surface area (Å²) in [6.07, 6.45) is 12.0. The highest BCUT2D eigenvalue weighted by Gasteiger charge is 2.20. The molecule has 21 heavy (non-hydrogen) atoms. The summed E-state index contributed by atoms with van der Waals surface area (Å²) < 4.78 is 0. The van der Waals surface area contributed by atoms with E-state index in [2.05, 4.69) is 22.1 Å². The molecule has 0 aromatic carbocycles. The minimum atomic E-state index is 0.471. The number of hydrogen-bond donors (Lipinski definition) is 2. The Morgan fingerprint density at radius 2 is 1.86 bits per heavy atom. The zero-order valence-corrected chi connectivity index (χ0v) is 13.8. The fourth-order valence-electron chi connectivity index (χ4n) is 3.68. The predicted octanol–water partition coefficient (Wildman–Crippen LogP) is 2.74. The first kappa shape index (κ1) is 16.6. The van der Waals surface area contributed by atoms with Gasteiger partial charge in [-0.2, -0.15) is 0 Å². The summed E-state index contributed by atoms with van der Waals surface area (Å²) in [7, 11) is 0. The third-order valence-corrected chi connectivity index (χ3v) is 5.10. The first-order valence-electron chi connectivity index (χ1n) is 9.04. The van der Waals surface area contributed by atoms with Crippen LogP contribution in [-0.4, -0.2) is 43.1 Å². The van der Waals surface area contributed by atoms with Gasteiger partial charge in [0.2, 0.25) is 0 Å². The Hall–Kier alpha value is -0.770. The van der Waals surface area contributed by atoms with Crippen LogP contribution in [0.15, 0.2) is 4.99 Å². The maximum absolute atomic E-state index is 6.01. The number of guanidine groups is 1. The van der Waals surface area contributed by atoms with E-state index in [0.29, 0.717) is 12.0 Å². The van der Waals surface area contributed by atoms with Crippen LogP contribution >= 0.6 is 0 Å². The highest BCUT2D eigenvalue weighted by molar-refractivity contribution is 5.78. The Balaban J connectivity index is 1.55. The summed E-state index contributed by atoms with van der Waals surface area (Å²) in [6, 6.07) is 0.471. The molecule has 122 valence electrons. The lowest BCUT2D eigenvalue weighted by Gasteiger charge is -2.28. The number of likely N-dealkylation sites (tertiary alicyclic amines) is 1. The van der Waals surface area contributed by atoms with Crippen molar-refractivity contribution in [3.05, 3.63) is 0 Å². The van der Waals surface area contributed by atoms with Gasteiger partial charge in [-0.05, 0) is 71.0 Å². The maximum atomic E-state index is 6.01. The minimum absolute atomic E-state index is 0.471. The average Bonchev–Trinajstić information content (AvgIpc) is 3.01. The Labute approximate surface area is 130 Å². The molecule has 4 heteroatoms. The van der Waals surface area contributed by atoms with E-state index in [1.54, 1.807) is 0 Å². The molecule has 0 aromatic rings. The number of nitrogens with one attached hydrogen (secondary N) is 1. The van der Waals surface area contributed by atoms with Crippen LogP contribution in [0.5, 0.6) is 0 Å². The van der Waals surface area contributed by atoms with E-state index in [-0.39, 0.29) is 0 Å². The van der Waals surface area contributed by atoms with Crippen molar-refractivity contribution in [1.82, 2.24) is 10.2 Å². The van der Waals surface area contributed by atoms with Crippen molar-refractivity contribution >= 4 is 5.96 Å². The molecule has 1 heterocycles. The summed E-state index contributed by atoms with van der Waals surface area (Å²) in [5.74, 6) is 1.43. The molecular weight excluding hydrogens is 260 g/mol. The summed E-state index contributed by atoms with van der Waals surface area (Å²) >= 11 is 0. The van der Waals surface area contributed by atoms with Crippen LogP contribution < -0.4 is 11.1 Å². The standard InChI is InChI=1S/C17H34N4/c1-15(16-9-3-2-4-10-16)20-17(18)19-11-5-6-12-21-13-7-8-14-21/h15-16H,2-14H2,1H3,(H3,18,19,20)/t15-/m1/s1. The van der Waals surface area contributed by atoms with Gasteiger partial charge in [0.1, 0.15) is 0 Å². The van der Waals surface area contributed by atoms with Gasteiger partial charge in [0, 0.05) is 12.6 Å². The van der Waals surface area contributed by atoms with Crippen molar-refractivity contribution in [1.29, 1.82) is 0 Å². The minimum Gasteiger partial charge on any atom is -0.370 e. The van der Waals surface area contributed by atoms with Gasteiger partial charge in [-0.25, -0.2) is 0 Å². The molecule has 1 aliphatic carbocycles. The van der Waals surface area contributed by atoms with Crippen LogP contribution in [0.25, 0.3) is 0 Å². The molecule has 2 rings (SSSR count). The molecular formula is C17H34N4. The molecule has 1 atom stereocenters. The Morgan fingerprint density at radius 1 is 1.14 bits per heavy atom. The molecule has 0 bridgehead atoms. The first-order chi connectivity index (χ1) is 10.3. The average molecular weight is 294 g/mol. The topological polar surface area (TPSA) is 53.6 Å². The van der Waals surface area contributed by atoms with Gasteiger partial charge < -0.3 is 16.0 Å². The fraction of sp³-hybridized carbons (Fsp3) is 0.941. The SMILES string of the molecule is C[C@@H](NC(N)=NCCCCN1CCCC1)C1CCCCC1. The third kappa shape index (κ3) is 6.25. The van der Waals surface area contributed by atoms with E-state index < -0.39 is 0 Å². The molecule has 2 fully saturated rings. The van der Waals surface area contributed by atoms with Gasteiger partial charge >= 0.3 is 0 Å². The van der Waals surface area contributed by atoms with Crippen LogP contribution in [0.2, 0.25) is 0 Å². The maximum Gasteiger partial charge on any atom is 0.188 e. The lowest BCUT2D eigenvalue weighted by molar-refractivity contribution is 0.301. The Kier molecular flexibility index (Phi) is 7.34. The zero-order chi connectivity index (χ0) is 14.9. The predicted molar refractivity (Wildman–Crippen MR) is 90.6 cm³/mol. The lowest BCUT2D eigenvalue weighted by Crippen LogP contribution is -2.43. The van der Waals surface area contributed by atoms with Crippen LogP contribution in [-0.2, 0) is 0 Å². The molecule has 4 nitrogen and oxygen atoms in total. The molecule has 1 saturated carbocycles. The van der Waals surface area contributed by atoms with Gasteiger partial charge in [-0.1, -0.05) is 19.3 Å². The van der Waals surface area contributed by atoms with Gasteiger partial charge in [-0.3, -0.25) is 4.99 Å². The summed E-state index contributed by atoms with van der Waals surface area (Å²) in [4.78, 5) is 7.05. The first-order valence-corrected chi connectivity index (χ1v) is 9.04. The smallest absolute Gasteiger partial charge is 0.188 e. The molecule has 0 radical (unpaired) electrons. The molecule has 0 aromatic heterocycles. The van der Waals surface area contributed by atoms with E-state index in [1.807, 2.05) is 0 Å². The molecule has 0 amide bonds. The number of aliphatic imine (C=N–C) groups is 1. The largest absolute Gasteiger partial charge is 0.370 e. The fourth-order valence-corrected chi connectivity index (χ4v) is 3.68. The highest BCUT2D eigenvalue weighted by atomic mass is 15.1. The monoisotopic (exact) mass is 294 g/mol. The van der Waals surface area contributed by atoms with Crippen molar-refractivity contribution in [2.45, 2.75) is 70.8 Å². The number of hydrogen-bond acceptors (Lipinski definition) is 2.